The summed E-state index contributed by atoms with van der Waals surface area (Å²) in [6, 6.07) is 3.23. The summed E-state index contributed by atoms with van der Waals surface area (Å²) in [5.41, 5.74) is 6.55. The van der Waals surface area contributed by atoms with Crippen molar-refractivity contribution >= 4 is 5.91 Å². The van der Waals surface area contributed by atoms with E-state index in [1.807, 2.05) is 0 Å². The predicted molar refractivity (Wildman–Crippen MR) is 72.5 cm³/mol. The van der Waals surface area contributed by atoms with Gasteiger partial charge in [0.05, 0.1) is 19.3 Å². The van der Waals surface area contributed by atoms with Crippen LogP contribution in [0.5, 0.6) is 5.88 Å². The number of pyridine rings is 1. The first kappa shape index (κ1) is 13.3. The number of hydrogen-bond acceptors (Lipinski definition) is 5. The van der Waals surface area contributed by atoms with Gasteiger partial charge in [-0.05, 0) is 25.0 Å². The fraction of sp³-hybridized carbons (Fsp3) is 0.571. The molecular formula is C14H19N3O3. The number of ether oxygens (including phenoxy) is 2. The molecule has 4 unspecified atom stereocenters. The number of nitrogens with zero attached hydrogens (tertiary/aromatic N) is 1. The molecule has 2 aliphatic rings. The first-order chi connectivity index (χ1) is 9.72. The summed E-state index contributed by atoms with van der Waals surface area (Å²) in [7, 11) is 1.49. The van der Waals surface area contributed by atoms with E-state index in [-0.39, 0.29) is 24.1 Å². The van der Waals surface area contributed by atoms with Gasteiger partial charge in [-0.1, -0.05) is 0 Å². The number of rotatable bonds is 3. The van der Waals surface area contributed by atoms with Crippen LogP contribution in [0.15, 0.2) is 18.3 Å². The molecule has 0 aromatic carbocycles. The van der Waals surface area contributed by atoms with Gasteiger partial charge >= 0.3 is 0 Å². The summed E-state index contributed by atoms with van der Waals surface area (Å²) in [6.45, 7) is 0.746. The van der Waals surface area contributed by atoms with Crippen molar-refractivity contribution in [1.82, 2.24) is 10.3 Å². The molecular weight excluding hydrogens is 258 g/mol. The lowest BCUT2D eigenvalue weighted by Crippen LogP contribution is -2.72. The van der Waals surface area contributed by atoms with Crippen LogP contribution in [-0.2, 0) is 4.74 Å². The third-order valence-electron chi connectivity index (χ3n) is 4.18. The van der Waals surface area contributed by atoms with Crippen LogP contribution in [0, 0.1) is 5.92 Å². The zero-order valence-corrected chi connectivity index (χ0v) is 11.4. The van der Waals surface area contributed by atoms with E-state index in [9.17, 15) is 4.79 Å². The van der Waals surface area contributed by atoms with Gasteiger partial charge in [-0.2, -0.15) is 0 Å². The van der Waals surface area contributed by atoms with Gasteiger partial charge in [0.2, 0.25) is 5.88 Å². The maximum absolute atomic E-state index is 12.3. The molecule has 4 atom stereocenters. The summed E-state index contributed by atoms with van der Waals surface area (Å²) in [4.78, 5) is 16.3. The molecule has 2 fully saturated rings. The Morgan fingerprint density at radius 3 is 3.25 bits per heavy atom. The van der Waals surface area contributed by atoms with Crippen molar-refractivity contribution in [2.45, 2.75) is 31.0 Å². The normalized spacial score (nSPS) is 31.9. The monoisotopic (exact) mass is 277 g/mol. The Kier molecular flexibility index (Phi) is 3.58. The first-order valence-corrected chi connectivity index (χ1v) is 6.89. The number of carbonyl (C=O) groups is 1. The minimum atomic E-state index is -0.219. The molecule has 6 nitrogen and oxygen atoms in total. The Bertz CT molecular complexity index is 508. The van der Waals surface area contributed by atoms with E-state index < -0.39 is 0 Å². The molecule has 1 aliphatic heterocycles. The smallest absolute Gasteiger partial charge is 0.257 e. The summed E-state index contributed by atoms with van der Waals surface area (Å²) in [5.74, 6) is 0.465. The number of carbonyl (C=O) groups excluding carboxylic acids is 1. The Morgan fingerprint density at radius 2 is 2.45 bits per heavy atom. The van der Waals surface area contributed by atoms with Gasteiger partial charge in [-0.25, -0.2) is 4.98 Å². The maximum Gasteiger partial charge on any atom is 0.257 e. The van der Waals surface area contributed by atoms with Crippen molar-refractivity contribution in [2.24, 2.45) is 11.7 Å². The number of nitrogens with one attached hydrogen (secondary N) is 1. The standard InChI is InChI=1S/C14H19N3O3/c1-19-14-9(4-2-6-16-14)13(18)17-11-10(15)8-5-3-7-20-12(8)11/h2,4,6,8,10-12H,3,5,7,15H2,1H3,(H,17,18). The highest BCUT2D eigenvalue weighted by molar-refractivity contribution is 5.96. The molecule has 1 saturated heterocycles. The third kappa shape index (κ3) is 2.14. The fourth-order valence-corrected chi connectivity index (χ4v) is 3.08. The molecule has 0 bridgehead atoms. The third-order valence-corrected chi connectivity index (χ3v) is 4.18. The van der Waals surface area contributed by atoms with E-state index in [0.29, 0.717) is 17.4 Å². The minimum absolute atomic E-state index is 0.0353. The zero-order chi connectivity index (χ0) is 14.1. The largest absolute Gasteiger partial charge is 0.480 e. The Labute approximate surface area is 117 Å². The first-order valence-electron chi connectivity index (χ1n) is 6.89. The molecule has 3 N–H and O–H groups in total. The summed E-state index contributed by atoms with van der Waals surface area (Å²) in [6.07, 6.45) is 3.76. The summed E-state index contributed by atoms with van der Waals surface area (Å²) in [5, 5.41) is 2.95. The highest BCUT2D eigenvalue weighted by Gasteiger charge is 2.51. The van der Waals surface area contributed by atoms with Gasteiger partial charge in [0.1, 0.15) is 5.56 Å². The van der Waals surface area contributed by atoms with Crippen molar-refractivity contribution in [3.05, 3.63) is 23.9 Å². The van der Waals surface area contributed by atoms with E-state index in [2.05, 4.69) is 10.3 Å². The van der Waals surface area contributed by atoms with Crippen molar-refractivity contribution < 1.29 is 14.3 Å². The van der Waals surface area contributed by atoms with Gasteiger partial charge in [0, 0.05) is 24.8 Å². The molecule has 0 spiro atoms. The van der Waals surface area contributed by atoms with Crippen LogP contribution in [0.25, 0.3) is 0 Å². The lowest BCUT2D eigenvalue weighted by molar-refractivity contribution is -0.117. The number of hydrogen-bond donors (Lipinski definition) is 2. The lowest BCUT2D eigenvalue weighted by atomic mass is 9.68. The van der Waals surface area contributed by atoms with Gasteiger partial charge < -0.3 is 20.5 Å². The number of nitrogens with two attached hydrogens (primary N) is 1. The SMILES string of the molecule is COc1ncccc1C(=O)NC1C(N)C2CCCOC21. The average molecular weight is 277 g/mol. The van der Waals surface area contributed by atoms with Gasteiger partial charge in [-0.3, -0.25) is 4.79 Å². The van der Waals surface area contributed by atoms with Crippen molar-refractivity contribution in [3.8, 4) is 5.88 Å². The maximum atomic E-state index is 12.3. The minimum Gasteiger partial charge on any atom is -0.480 e. The van der Waals surface area contributed by atoms with E-state index in [0.717, 1.165) is 19.4 Å². The molecule has 2 heterocycles. The number of fused-ring (bicyclic) bond motifs is 1. The highest BCUT2D eigenvalue weighted by atomic mass is 16.5. The highest BCUT2D eigenvalue weighted by Crippen LogP contribution is 2.37. The summed E-state index contributed by atoms with van der Waals surface area (Å²) < 4.78 is 10.8. The lowest BCUT2D eigenvalue weighted by Gasteiger charge is -2.52. The van der Waals surface area contributed by atoms with E-state index >= 15 is 0 Å². The summed E-state index contributed by atoms with van der Waals surface area (Å²) >= 11 is 0. The van der Waals surface area contributed by atoms with E-state index in [4.69, 9.17) is 15.2 Å². The molecule has 0 radical (unpaired) electrons. The molecule has 108 valence electrons. The van der Waals surface area contributed by atoms with Gasteiger partial charge in [0.25, 0.3) is 5.91 Å². The van der Waals surface area contributed by atoms with Crippen LogP contribution in [0.4, 0.5) is 0 Å². The van der Waals surface area contributed by atoms with Crippen LogP contribution in [-0.4, -0.2) is 42.8 Å². The predicted octanol–water partition coefficient (Wildman–Crippen LogP) is 0.325. The van der Waals surface area contributed by atoms with Crippen LogP contribution >= 0.6 is 0 Å². The second-order valence-corrected chi connectivity index (χ2v) is 5.28. The van der Waals surface area contributed by atoms with Crippen LogP contribution in [0.3, 0.4) is 0 Å². The molecule has 6 heteroatoms. The van der Waals surface area contributed by atoms with Gasteiger partial charge in [-0.15, -0.1) is 0 Å². The topological polar surface area (TPSA) is 86.5 Å². The van der Waals surface area contributed by atoms with E-state index in [1.54, 1.807) is 18.3 Å². The molecule has 1 aliphatic carbocycles. The fourth-order valence-electron chi connectivity index (χ4n) is 3.08. The molecule has 1 saturated carbocycles. The molecule has 1 amide bonds. The second kappa shape index (κ2) is 5.38. The Morgan fingerprint density at radius 1 is 1.60 bits per heavy atom. The van der Waals surface area contributed by atoms with Crippen LogP contribution < -0.4 is 15.8 Å². The molecule has 1 aromatic heterocycles. The van der Waals surface area contributed by atoms with Gasteiger partial charge in [0.15, 0.2) is 0 Å². The van der Waals surface area contributed by atoms with Crippen molar-refractivity contribution in [3.63, 3.8) is 0 Å². The number of methoxy groups -OCH3 is 1. The second-order valence-electron chi connectivity index (χ2n) is 5.28. The van der Waals surface area contributed by atoms with Crippen molar-refractivity contribution in [1.29, 1.82) is 0 Å². The van der Waals surface area contributed by atoms with Crippen LogP contribution in [0.1, 0.15) is 23.2 Å². The van der Waals surface area contributed by atoms with Crippen LogP contribution in [0.2, 0.25) is 0 Å². The number of amides is 1. The molecule has 20 heavy (non-hydrogen) atoms. The number of aromatic nitrogens is 1. The average Bonchev–Trinajstić information content (AvgIpc) is 2.51. The quantitative estimate of drug-likeness (QED) is 0.831. The van der Waals surface area contributed by atoms with E-state index in [1.165, 1.54) is 7.11 Å². The Hall–Kier alpha value is -1.66. The Balaban J connectivity index is 1.70. The molecule has 3 rings (SSSR count). The molecule has 1 aromatic rings. The zero-order valence-electron chi connectivity index (χ0n) is 11.4. The van der Waals surface area contributed by atoms with Crippen molar-refractivity contribution in [2.75, 3.05) is 13.7 Å².